The molecule has 0 spiro atoms. The first-order chi connectivity index (χ1) is 11.4. The van der Waals surface area contributed by atoms with Crippen LogP contribution >= 0.6 is 0 Å². The Labute approximate surface area is 136 Å². The fraction of sp³-hybridized carbons (Fsp3) is 0.278. The highest BCUT2D eigenvalue weighted by Crippen LogP contribution is 2.52. The summed E-state index contributed by atoms with van der Waals surface area (Å²) >= 11 is 0. The number of aromatic nitrogens is 1. The average molecular weight is 330 g/mol. The molecule has 1 fully saturated rings. The van der Waals surface area contributed by atoms with Gasteiger partial charge in [-0.3, -0.25) is 9.78 Å². The molecule has 24 heavy (non-hydrogen) atoms. The summed E-state index contributed by atoms with van der Waals surface area (Å²) in [6.07, 6.45) is -2.10. The molecule has 0 saturated heterocycles. The summed E-state index contributed by atoms with van der Waals surface area (Å²) in [5.74, 6) is -1.47. The number of alkyl halides is 3. The predicted octanol–water partition coefficient (Wildman–Crippen LogP) is 4.01. The van der Waals surface area contributed by atoms with E-state index >= 15 is 0 Å². The lowest BCUT2D eigenvalue weighted by Gasteiger charge is -2.19. The van der Waals surface area contributed by atoms with Crippen LogP contribution in [-0.4, -0.2) is 10.8 Å². The number of nitrogens with zero attached hydrogens (tertiary/aromatic N) is 2. The van der Waals surface area contributed by atoms with Crippen LogP contribution in [0.3, 0.4) is 0 Å². The van der Waals surface area contributed by atoms with Crippen molar-refractivity contribution in [2.24, 2.45) is 0 Å². The maximum Gasteiger partial charge on any atom is 0.416 e. The second-order valence-electron chi connectivity index (χ2n) is 5.84. The number of ketones is 1. The molecular formula is C18H13F3N2O. The number of halogens is 3. The molecule has 122 valence electrons. The molecule has 2 aromatic rings. The molecule has 0 unspecified atom stereocenters. The molecule has 0 N–H and O–H groups in total. The number of hydrogen-bond donors (Lipinski definition) is 0. The summed E-state index contributed by atoms with van der Waals surface area (Å²) in [5, 5.41) is 9.38. The van der Waals surface area contributed by atoms with Crippen LogP contribution in [0.5, 0.6) is 0 Å². The Bertz CT molecular complexity index is 805. The van der Waals surface area contributed by atoms with Crippen molar-refractivity contribution in [3.8, 4) is 6.07 Å². The minimum atomic E-state index is -4.47. The van der Waals surface area contributed by atoms with E-state index in [9.17, 15) is 23.2 Å². The molecular weight excluding hydrogens is 317 g/mol. The van der Waals surface area contributed by atoms with Crippen LogP contribution in [0.1, 0.15) is 35.6 Å². The lowest BCUT2D eigenvalue weighted by atomic mass is 9.83. The SMILES string of the molecule is N#C[C@@H](C(=O)C1(c2cccc(C(F)(F)F)c2)CC1)c1ccccn1. The second kappa shape index (κ2) is 5.75. The van der Waals surface area contributed by atoms with Gasteiger partial charge in [-0.05, 0) is 36.6 Å². The smallest absolute Gasteiger partial charge is 0.297 e. The Morgan fingerprint density at radius 1 is 1.21 bits per heavy atom. The first-order valence-electron chi connectivity index (χ1n) is 7.41. The van der Waals surface area contributed by atoms with Crippen molar-refractivity contribution < 1.29 is 18.0 Å². The van der Waals surface area contributed by atoms with Gasteiger partial charge in [-0.2, -0.15) is 18.4 Å². The van der Waals surface area contributed by atoms with Gasteiger partial charge in [0, 0.05) is 6.20 Å². The first-order valence-corrected chi connectivity index (χ1v) is 7.41. The van der Waals surface area contributed by atoms with Crippen LogP contribution in [-0.2, 0) is 16.4 Å². The molecule has 0 radical (unpaired) electrons. The summed E-state index contributed by atoms with van der Waals surface area (Å²) in [7, 11) is 0. The molecule has 3 nitrogen and oxygen atoms in total. The van der Waals surface area contributed by atoms with E-state index in [1.165, 1.54) is 18.3 Å². The molecule has 1 aliphatic carbocycles. The standard InChI is InChI=1S/C18H13F3N2O/c19-18(20,21)13-5-3-4-12(10-13)17(7-8-17)16(24)14(11-22)15-6-1-2-9-23-15/h1-6,9-10,14H,7-8H2/t14-/m1/s1. The molecule has 1 aliphatic rings. The minimum Gasteiger partial charge on any atom is -0.297 e. The third-order valence-electron chi connectivity index (χ3n) is 4.34. The van der Waals surface area contributed by atoms with E-state index in [1.807, 2.05) is 6.07 Å². The van der Waals surface area contributed by atoms with Crippen LogP contribution in [0.25, 0.3) is 0 Å². The number of rotatable bonds is 4. The molecule has 1 saturated carbocycles. The minimum absolute atomic E-state index is 0.318. The third-order valence-corrected chi connectivity index (χ3v) is 4.34. The van der Waals surface area contributed by atoms with Gasteiger partial charge >= 0.3 is 6.18 Å². The maximum atomic E-state index is 12.9. The Balaban J connectivity index is 1.97. The van der Waals surface area contributed by atoms with Gasteiger partial charge in [0.1, 0.15) is 5.92 Å². The van der Waals surface area contributed by atoms with Crippen molar-refractivity contribution in [1.82, 2.24) is 4.98 Å². The van der Waals surface area contributed by atoms with E-state index < -0.39 is 23.1 Å². The maximum absolute atomic E-state index is 12.9. The lowest BCUT2D eigenvalue weighted by molar-refractivity contribution is -0.137. The second-order valence-corrected chi connectivity index (χ2v) is 5.84. The van der Waals surface area contributed by atoms with Gasteiger partial charge in [-0.25, -0.2) is 0 Å². The van der Waals surface area contributed by atoms with Crippen molar-refractivity contribution in [1.29, 1.82) is 5.26 Å². The van der Waals surface area contributed by atoms with Crippen molar-refractivity contribution >= 4 is 5.78 Å². The first kappa shape index (κ1) is 16.2. The Morgan fingerprint density at radius 2 is 1.96 bits per heavy atom. The number of pyridine rings is 1. The van der Waals surface area contributed by atoms with Crippen molar-refractivity contribution in [3.63, 3.8) is 0 Å². The van der Waals surface area contributed by atoms with E-state index in [0.29, 0.717) is 24.1 Å². The Kier molecular flexibility index (Phi) is 3.88. The molecule has 0 amide bonds. The van der Waals surface area contributed by atoms with E-state index in [4.69, 9.17) is 0 Å². The van der Waals surface area contributed by atoms with Crippen LogP contribution in [0.4, 0.5) is 13.2 Å². The van der Waals surface area contributed by atoms with Gasteiger partial charge in [0.15, 0.2) is 5.78 Å². The van der Waals surface area contributed by atoms with Crippen LogP contribution in [0.2, 0.25) is 0 Å². The van der Waals surface area contributed by atoms with Gasteiger partial charge in [0.25, 0.3) is 0 Å². The fourth-order valence-electron chi connectivity index (χ4n) is 2.88. The number of Topliss-reactive ketones (excluding diaryl/α,β-unsaturated/α-hetero) is 1. The van der Waals surface area contributed by atoms with Crippen LogP contribution in [0, 0.1) is 11.3 Å². The predicted molar refractivity (Wildman–Crippen MR) is 80.0 cm³/mol. The van der Waals surface area contributed by atoms with Crippen LogP contribution < -0.4 is 0 Å². The highest BCUT2D eigenvalue weighted by molar-refractivity contribution is 5.99. The van der Waals surface area contributed by atoms with Gasteiger partial charge in [0.05, 0.1) is 22.7 Å². The van der Waals surface area contributed by atoms with Crippen LogP contribution in [0.15, 0.2) is 48.7 Å². The summed E-state index contributed by atoms with van der Waals surface area (Å²) in [6, 6.07) is 11.7. The van der Waals surface area contributed by atoms with Crippen molar-refractivity contribution in [2.45, 2.75) is 30.4 Å². The Hall–Kier alpha value is -2.68. The summed E-state index contributed by atoms with van der Waals surface area (Å²) in [6.45, 7) is 0. The molecule has 0 bridgehead atoms. The van der Waals surface area contributed by atoms with E-state index in [0.717, 1.165) is 12.1 Å². The molecule has 1 aromatic heterocycles. The molecule has 6 heteroatoms. The highest BCUT2D eigenvalue weighted by Gasteiger charge is 2.54. The molecule has 3 rings (SSSR count). The van der Waals surface area contributed by atoms with Crippen molar-refractivity contribution in [2.75, 3.05) is 0 Å². The Morgan fingerprint density at radius 3 is 2.50 bits per heavy atom. The van der Waals surface area contributed by atoms with Gasteiger partial charge in [-0.1, -0.05) is 24.3 Å². The van der Waals surface area contributed by atoms with Crippen molar-refractivity contribution in [3.05, 3.63) is 65.5 Å². The normalized spacial score (nSPS) is 16.9. The quantitative estimate of drug-likeness (QED) is 0.851. The lowest BCUT2D eigenvalue weighted by Crippen LogP contribution is -2.27. The summed E-state index contributed by atoms with van der Waals surface area (Å²) in [4.78, 5) is 16.9. The van der Waals surface area contributed by atoms with E-state index in [2.05, 4.69) is 4.98 Å². The summed E-state index contributed by atoms with van der Waals surface area (Å²) < 4.78 is 38.8. The molecule has 1 aromatic carbocycles. The van der Waals surface area contributed by atoms with E-state index in [1.54, 1.807) is 18.2 Å². The zero-order valence-electron chi connectivity index (χ0n) is 12.5. The largest absolute Gasteiger partial charge is 0.416 e. The molecule has 1 heterocycles. The molecule has 1 atom stereocenters. The topological polar surface area (TPSA) is 53.8 Å². The van der Waals surface area contributed by atoms with Gasteiger partial charge < -0.3 is 0 Å². The third kappa shape index (κ3) is 2.78. The number of nitriles is 1. The van der Waals surface area contributed by atoms with E-state index in [-0.39, 0.29) is 5.78 Å². The number of benzene rings is 1. The zero-order valence-corrected chi connectivity index (χ0v) is 12.5. The summed E-state index contributed by atoms with van der Waals surface area (Å²) in [5.41, 5.74) is -1.16. The molecule has 0 aliphatic heterocycles. The fourth-order valence-corrected chi connectivity index (χ4v) is 2.88. The highest BCUT2D eigenvalue weighted by atomic mass is 19.4. The average Bonchev–Trinajstić information content (AvgIpc) is 3.38. The number of carbonyl (C=O) groups is 1. The van der Waals surface area contributed by atoms with Gasteiger partial charge in [0.2, 0.25) is 0 Å². The number of carbonyl (C=O) groups excluding carboxylic acids is 1. The zero-order chi connectivity index (χ0) is 17.4. The van der Waals surface area contributed by atoms with Gasteiger partial charge in [-0.15, -0.1) is 0 Å². The number of hydrogen-bond acceptors (Lipinski definition) is 3. The monoisotopic (exact) mass is 330 g/mol.